The average Bonchev–Trinajstić information content (AvgIpc) is 1.88. The predicted octanol–water partition coefficient (Wildman–Crippen LogP) is 1.50. The van der Waals surface area contributed by atoms with Crippen molar-refractivity contribution in [1.82, 2.24) is 5.32 Å². The van der Waals surface area contributed by atoms with Crippen molar-refractivity contribution in [1.29, 1.82) is 0 Å². The van der Waals surface area contributed by atoms with Gasteiger partial charge in [0.2, 0.25) is 0 Å². The number of hydrogen-bond donors (Lipinski definition) is 1. The first kappa shape index (κ1) is 5.72. The fourth-order valence-electron chi connectivity index (χ4n) is 2.01. The molecule has 2 rings (SSSR count). The zero-order chi connectivity index (χ0) is 6.10. The van der Waals surface area contributed by atoms with Crippen molar-refractivity contribution in [3.05, 3.63) is 5.92 Å². The molecule has 0 aromatic carbocycles. The van der Waals surface area contributed by atoms with Gasteiger partial charge in [0.1, 0.15) is 0 Å². The summed E-state index contributed by atoms with van der Waals surface area (Å²) in [5.74, 6) is 1.82. The average molecular weight is 124 g/mol. The lowest BCUT2D eigenvalue weighted by atomic mass is 9.81. The van der Waals surface area contributed by atoms with Crippen LogP contribution in [-0.2, 0) is 0 Å². The molecule has 1 N–H and O–H groups in total. The van der Waals surface area contributed by atoms with Crippen LogP contribution in [0.4, 0.5) is 0 Å². The van der Waals surface area contributed by atoms with Crippen LogP contribution in [-0.4, -0.2) is 12.6 Å². The normalized spacial score (nSPS) is 36.7. The number of piperidine rings is 1. The van der Waals surface area contributed by atoms with Crippen molar-refractivity contribution in [2.75, 3.05) is 6.54 Å². The summed E-state index contributed by atoms with van der Waals surface area (Å²) in [5.41, 5.74) is 0. The summed E-state index contributed by atoms with van der Waals surface area (Å²) >= 11 is 0. The molecule has 1 nitrogen and oxygen atoms in total. The molecule has 1 saturated carbocycles. The molecule has 0 aromatic rings. The van der Waals surface area contributed by atoms with Crippen LogP contribution < -0.4 is 5.32 Å². The van der Waals surface area contributed by atoms with E-state index in [0.717, 1.165) is 6.04 Å². The molecule has 1 heteroatoms. The Kier molecular flexibility index (Phi) is 1.46. The highest BCUT2D eigenvalue weighted by atomic mass is 14.9. The summed E-state index contributed by atoms with van der Waals surface area (Å²) in [4.78, 5) is 0. The molecule has 1 aliphatic carbocycles. The van der Waals surface area contributed by atoms with Gasteiger partial charge in [0, 0.05) is 6.04 Å². The van der Waals surface area contributed by atoms with Gasteiger partial charge in [-0.05, 0) is 38.1 Å². The van der Waals surface area contributed by atoms with Gasteiger partial charge in [-0.15, -0.1) is 0 Å². The molecule has 0 spiro atoms. The molecule has 2 fully saturated rings. The lowest BCUT2D eigenvalue weighted by molar-refractivity contribution is 0.337. The minimum absolute atomic E-state index is 0.863. The van der Waals surface area contributed by atoms with Gasteiger partial charge < -0.3 is 5.32 Å². The van der Waals surface area contributed by atoms with E-state index in [9.17, 15) is 0 Å². The van der Waals surface area contributed by atoms with Gasteiger partial charge in [-0.2, -0.15) is 0 Å². The molecule has 0 aromatic heterocycles. The van der Waals surface area contributed by atoms with Crippen LogP contribution in [0.5, 0.6) is 0 Å². The standard InChI is InChI=1S/C8H14N/c1-2-7-4-5-9-8(3-1)6-7/h8-9H,1-6H2. The third-order valence-electron chi connectivity index (χ3n) is 2.53. The smallest absolute Gasteiger partial charge is 0.00725 e. The Morgan fingerprint density at radius 1 is 1.33 bits per heavy atom. The molecule has 51 valence electrons. The molecule has 1 atom stereocenters. The largest absolute Gasteiger partial charge is 0.314 e. The first-order chi connectivity index (χ1) is 4.45. The third kappa shape index (κ3) is 1.11. The Morgan fingerprint density at radius 3 is 3.11 bits per heavy atom. The van der Waals surface area contributed by atoms with Crippen molar-refractivity contribution >= 4 is 0 Å². The molecule has 1 radical (unpaired) electrons. The summed E-state index contributed by atoms with van der Waals surface area (Å²) in [6.07, 6.45) is 7.03. The molecule has 1 saturated heterocycles. The summed E-state index contributed by atoms with van der Waals surface area (Å²) in [7, 11) is 0. The highest BCUT2D eigenvalue weighted by Crippen LogP contribution is 2.31. The molecule has 2 bridgehead atoms. The van der Waals surface area contributed by atoms with Gasteiger partial charge in [-0.1, -0.05) is 6.42 Å². The Morgan fingerprint density at radius 2 is 2.33 bits per heavy atom. The minimum Gasteiger partial charge on any atom is -0.314 e. The lowest BCUT2D eigenvalue weighted by Gasteiger charge is -2.34. The molecule has 2 aliphatic rings. The maximum atomic E-state index is 3.53. The monoisotopic (exact) mass is 124 g/mol. The van der Waals surface area contributed by atoms with Crippen LogP contribution in [0.1, 0.15) is 32.1 Å². The van der Waals surface area contributed by atoms with E-state index < -0.39 is 0 Å². The second-order valence-electron chi connectivity index (χ2n) is 3.25. The Balaban J connectivity index is 1.96. The molecule has 0 amide bonds. The summed E-state index contributed by atoms with van der Waals surface area (Å²) < 4.78 is 0. The van der Waals surface area contributed by atoms with Gasteiger partial charge in [-0.25, -0.2) is 0 Å². The van der Waals surface area contributed by atoms with Crippen molar-refractivity contribution in [2.24, 2.45) is 0 Å². The highest BCUT2D eigenvalue weighted by molar-refractivity contribution is 5.01. The van der Waals surface area contributed by atoms with Crippen LogP contribution in [0.15, 0.2) is 0 Å². The van der Waals surface area contributed by atoms with Crippen LogP contribution in [0.25, 0.3) is 0 Å². The van der Waals surface area contributed by atoms with E-state index in [1.807, 2.05) is 5.92 Å². The van der Waals surface area contributed by atoms with E-state index in [2.05, 4.69) is 5.32 Å². The van der Waals surface area contributed by atoms with Crippen LogP contribution in [0, 0.1) is 5.92 Å². The third-order valence-corrected chi connectivity index (χ3v) is 2.53. The van der Waals surface area contributed by atoms with E-state index >= 15 is 0 Å². The molecule has 1 aliphatic heterocycles. The van der Waals surface area contributed by atoms with Gasteiger partial charge in [0.15, 0.2) is 0 Å². The van der Waals surface area contributed by atoms with Crippen molar-refractivity contribution < 1.29 is 0 Å². The zero-order valence-corrected chi connectivity index (χ0v) is 5.82. The Bertz CT molecular complexity index is 80.7. The van der Waals surface area contributed by atoms with Gasteiger partial charge in [-0.3, -0.25) is 0 Å². The van der Waals surface area contributed by atoms with Crippen LogP contribution in [0.2, 0.25) is 0 Å². The molecular weight excluding hydrogens is 110 g/mol. The second-order valence-corrected chi connectivity index (χ2v) is 3.25. The maximum absolute atomic E-state index is 3.53. The Labute approximate surface area is 56.8 Å². The maximum Gasteiger partial charge on any atom is 0.00725 e. The summed E-state index contributed by atoms with van der Waals surface area (Å²) in [6.45, 7) is 1.25. The highest BCUT2D eigenvalue weighted by Gasteiger charge is 2.25. The fraction of sp³-hybridized carbons (Fsp3) is 0.875. The minimum atomic E-state index is 0.863. The van der Waals surface area contributed by atoms with Crippen LogP contribution in [0.3, 0.4) is 0 Å². The first-order valence-corrected chi connectivity index (χ1v) is 4.02. The van der Waals surface area contributed by atoms with Crippen molar-refractivity contribution in [3.63, 3.8) is 0 Å². The van der Waals surface area contributed by atoms with E-state index in [0.29, 0.717) is 0 Å². The first-order valence-electron chi connectivity index (χ1n) is 4.02. The van der Waals surface area contributed by atoms with Crippen LogP contribution >= 0.6 is 0 Å². The summed E-state index contributed by atoms with van der Waals surface area (Å²) in [5, 5.41) is 3.53. The van der Waals surface area contributed by atoms with E-state index in [1.54, 1.807) is 0 Å². The fourth-order valence-corrected chi connectivity index (χ4v) is 2.01. The molecule has 1 heterocycles. The van der Waals surface area contributed by atoms with Gasteiger partial charge in [0.25, 0.3) is 0 Å². The van der Waals surface area contributed by atoms with E-state index in [1.165, 1.54) is 38.6 Å². The number of hydrogen-bond acceptors (Lipinski definition) is 1. The Hall–Kier alpha value is -0.0400. The molecule has 9 heavy (non-hydrogen) atoms. The zero-order valence-electron chi connectivity index (χ0n) is 5.82. The quantitative estimate of drug-likeness (QED) is 0.516. The summed E-state index contributed by atoms with van der Waals surface area (Å²) in [6, 6.07) is 0.863. The number of nitrogens with one attached hydrogen (secondary N) is 1. The lowest BCUT2D eigenvalue weighted by Crippen LogP contribution is -2.39. The molecular formula is C8H14N. The van der Waals surface area contributed by atoms with Crippen molar-refractivity contribution in [3.8, 4) is 0 Å². The topological polar surface area (TPSA) is 12.0 Å². The van der Waals surface area contributed by atoms with E-state index in [-0.39, 0.29) is 0 Å². The van der Waals surface area contributed by atoms with Gasteiger partial charge >= 0.3 is 0 Å². The number of fused-ring (bicyclic) bond motifs is 2. The molecule has 1 unspecified atom stereocenters. The second kappa shape index (κ2) is 2.30. The SMILES string of the molecule is C1C[C]2CCNC(C1)C2. The van der Waals surface area contributed by atoms with E-state index in [4.69, 9.17) is 0 Å². The predicted molar refractivity (Wildman–Crippen MR) is 38.1 cm³/mol. The van der Waals surface area contributed by atoms with Crippen molar-refractivity contribution in [2.45, 2.75) is 38.1 Å². The van der Waals surface area contributed by atoms with Gasteiger partial charge in [0.05, 0.1) is 0 Å². The number of rotatable bonds is 0.